The van der Waals surface area contributed by atoms with Crippen LogP contribution in [0.15, 0.2) is 60.7 Å². The summed E-state index contributed by atoms with van der Waals surface area (Å²) < 4.78 is 10.9. The van der Waals surface area contributed by atoms with Crippen molar-refractivity contribution in [2.45, 2.75) is 32.7 Å². The number of aryl methyl sites for hydroxylation is 1. The van der Waals surface area contributed by atoms with E-state index in [2.05, 4.69) is 6.58 Å². The van der Waals surface area contributed by atoms with E-state index in [1.54, 1.807) is 48.4 Å². The number of aliphatic hydroxyl groups is 1. The molecule has 2 aromatic carbocycles. The summed E-state index contributed by atoms with van der Waals surface area (Å²) in [4.78, 5) is 27.6. The van der Waals surface area contributed by atoms with Crippen LogP contribution in [-0.2, 0) is 9.59 Å². The number of hydrogen-bond donors (Lipinski definition) is 1. The molecule has 1 atom stereocenters. The standard InChI is InChI=1S/C26H29NO5/c1-5-7-13-27-23(18-9-8-10-20(16-18)32-14-6-2)22(25(29)26(27)30)24(28)21-12-11-19(31-4)15-17(21)3/h6,8-12,15-16,23,28H,2,5,7,13-14H2,1,3-4H3/b24-22+. The first-order valence-corrected chi connectivity index (χ1v) is 10.7. The summed E-state index contributed by atoms with van der Waals surface area (Å²) in [6.45, 7) is 8.26. The highest BCUT2D eigenvalue weighted by molar-refractivity contribution is 6.46. The van der Waals surface area contributed by atoms with Crippen LogP contribution in [-0.4, -0.2) is 42.0 Å². The number of aliphatic hydroxyl groups excluding tert-OH is 1. The van der Waals surface area contributed by atoms with Crippen molar-refractivity contribution in [1.82, 2.24) is 4.90 Å². The van der Waals surface area contributed by atoms with Gasteiger partial charge >= 0.3 is 0 Å². The number of nitrogens with zero attached hydrogens (tertiary/aromatic N) is 1. The number of ether oxygens (including phenoxy) is 2. The van der Waals surface area contributed by atoms with Crippen molar-refractivity contribution in [1.29, 1.82) is 0 Å². The maximum Gasteiger partial charge on any atom is 0.295 e. The summed E-state index contributed by atoms with van der Waals surface area (Å²) in [5.41, 5.74) is 2.02. The number of amides is 1. The second-order valence-electron chi connectivity index (χ2n) is 7.70. The molecule has 0 spiro atoms. The maximum absolute atomic E-state index is 13.1. The predicted molar refractivity (Wildman–Crippen MR) is 124 cm³/mol. The van der Waals surface area contributed by atoms with Gasteiger partial charge in [0, 0.05) is 12.1 Å². The van der Waals surface area contributed by atoms with E-state index < -0.39 is 17.7 Å². The van der Waals surface area contributed by atoms with Crippen LogP contribution in [0.25, 0.3) is 5.76 Å². The summed E-state index contributed by atoms with van der Waals surface area (Å²) in [6.07, 6.45) is 3.26. The molecule has 6 nitrogen and oxygen atoms in total. The third kappa shape index (κ3) is 4.54. The smallest absolute Gasteiger partial charge is 0.295 e. The molecule has 0 radical (unpaired) electrons. The van der Waals surface area contributed by atoms with E-state index in [4.69, 9.17) is 9.47 Å². The van der Waals surface area contributed by atoms with Crippen LogP contribution in [0.3, 0.4) is 0 Å². The quantitative estimate of drug-likeness (QED) is 0.265. The molecule has 1 aliphatic heterocycles. The first kappa shape index (κ1) is 23.1. The molecular weight excluding hydrogens is 406 g/mol. The molecule has 0 bridgehead atoms. The van der Waals surface area contributed by atoms with Crippen LogP contribution in [0.4, 0.5) is 0 Å². The van der Waals surface area contributed by atoms with Gasteiger partial charge in [-0.2, -0.15) is 0 Å². The highest BCUT2D eigenvalue weighted by atomic mass is 16.5. The molecule has 2 aromatic rings. The van der Waals surface area contributed by atoms with Crippen LogP contribution in [0.5, 0.6) is 11.5 Å². The van der Waals surface area contributed by atoms with E-state index in [0.29, 0.717) is 35.8 Å². The molecule has 0 aliphatic carbocycles. The molecule has 6 heteroatoms. The fourth-order valence-corrected chi connectivity index (χ4v) is 3.89. The topological polar surface area (TPSA) is 76.1 Å². The van der Waals surface area contributed by atoms with Crippen molar-refractivity contribution in [3.63, 3.8) is 0 Å². The van der Waals surface area contributed by atoms with Crippen molar-refractivity contribution in [2.75, 3.05) is 20.3 Å². The number of likely N-dealkylation sites (tertiary alicyclic amines) is 1. The maximum atomic E-state index is 13.1. The Hall–Kier alpha value is -3.54. The SMILES string of the molecule is C=CCOc1cccc(C2/C(=C(\O)c3ccc(OC)cc3C)C(=O)C(=O)N2CCCC)c1. The number of benzene rings is 2. The molecule has 1 N–H and O–H groups in total. The van der Waals surface area contributed by atoms with Crippen molar-refractivity contribution in [3.8, 4) is 11.5 Å². The zero-order valence-electron chi connectivity index (χ0n) is 18.8. The van der Waals surface area contributed by atoms with Crippen LogP contribution in [0, 0.1) is 6.92 Å². The van der Waals surface area contributed by atoms with Gasteiger partial charge in [-0.15, -0.1) is 0 Å². The Kier molecular flexibility index (Phi) is 7.36. The Morgan fingerprint density at radius 1 is 1.19 bits per heavy atom. The Morgan fingerprint density at radius 2 is 1.97 bits per heavy atom. The fraction of sp³-hybridized carbons (Fsp3) is 0.308. The van der Waals surface area contributed by atoms with Gasteiger partial charge in [-0.25, -0.2) is 0 Å². The summed E-state index contributed by atoms with van der Waals surface area (Å²) in [7, 11) is 1.56. The van der Waals surface area contributed by atoms with Crippen molar-refractivity contribution in [2.24, 2.45) is 0 Å². The molecule has 0 aromatic heterocycles. The molecule has 168 valence electrons. The van der Waals surface area contributed by atoms with E-state index in [-0.39, 0.29) is 11.3 Å². The lowest BCUT2D eigenvalue weighted by Gasteiger charge is -2.25. The van der Waals surface area contributed by atoms with Gasteiger partial charge in [-0.05, 0) is 54.8 Å². The summed E-state index contributed by atoms with van der Waals surface area (Å²) in [5, 5.41) is 11.2. The Morgan fingerprint density at radius 3 is 2.62 bits per heavy atom. The second-order valence-corrected chi connectivity index (χ2v) is 7.70. The average molecular weight is 436 g/mol. The first-order chi connectivity index (χ1) is 15.4. The molecule has 1 heterocycles. The number of methoxy groups -OCH3 is 1. The van der Waals surface area contributed by atoms with Gasteiger partial charge in [0.2, 0.25) is 0 Å². The Balaban J connectivity index is 2.16. The molecule has 1 amide bonds. The average Bonchev–Trinajstić information content (AvgIpc) is 3.05. The molecule has 3 rings (SSSR count). The van der Waals surface area contributed by atoms with Gasteiger partial charge in [-0.1, -0.05) is 38.1 Å². The monoisotopic (exact) mass is 435 g/mol. The largest absolute Gasteiger partial charge is 0.507 e. The van der Waals surface area contributed by atoms with Crippen LogP contribution >= 0.6 is 0 Å². The summed E-state index contributed by atoms with van der Waals surface area (Å²) in [5.74, 6) is -0.232. The predicted octanol–water partition coefficient (Wildman–Crippen LogP) is 4.79. The molecule has 1 unspecified atom stereocenters. The number of carbonyl (C=O) groups excluding carboxylic acids is 2. The zero-order valence-corrected chi connectivity index (χ0v) is 18.8. The van der Waals surface area contributed by atoms with E-state index in [1.807, 2.05) is 26.0 Å². The third-order valence-corrected chi connectivity index (χ3v) is 5.52. The zero-order chi connectivity index (χ0) is 23.3. The molecule has 1 saturated heterocycles. The Bertz CT molecular complexity index is 1060. The van der Waals surface area contributed by atoms with Gasteiger partial charge in [0.25, 0.3) is 11.7 Å². The molecule has 1 fully saturated rings. The number of rotatable bonds is 9. The van der Waals surface area contributed by atoms with Gasteiger partial charge in [-0.3, -0.25) is 9.59 Å². The van der Waals surface area contributed by atoms with Crippen LogP contribution in [0.2, 0.25) is 0 Å². The number of carbonyl (C=O) groups is 2. The molecule has 0 saturated carbocycles. The van der Waals surface area contributed by atoms with Crippen molar-refractivity contribution in [3.05, 3.63) is 77.4 Å². The fourth-order valence-electron chi connectivity index (χ4n) is 3.89. The van der Waals surface area contributed by atoms with Gasteiger partial charge in [0.1, 0.15) is 23.9 Å². The van der Waals surface area contributed by atoms with Gasteiger partial charge in [0.05, 0.1) is 18.7 Å². The molecular formula is C26H29NO5. The molecule has 1 aliphatic rings. The van der Waals surface area contributed by atoms with E-state index >= 15 is 0 Å². The number of ketones is 1. The normalized spacial score (nSPS) is 17.5. The van der Waals surface area contributed by atoms with E-state index in [0.717, 1.165) is 18.4 Å². The first-order valence-electron chi connectivity index (χ1n) is 10.7. The van der Waals surface area contributed by atoms with Crippen molar-refractivity contribution < 1.29 is 24.2 Å². The highest BCUT2D eigenvalue weighted by Gasteiger charge is 2.46. The number of Topliss-reactive ketones (excluding diaryl/α,β-unsaturated/α-hetero) is 1. The Labute approximate surface area is 188 Å². The number of hydrogen-bond acceptors (Lipinski definition) is 5. The third-order valence-electron chi connectivity index (χ3n) is 5.52. The van der Waals surface area contributed by atoms with Crippen molar-refractivity contribution >= 4 is 17.4 Å². The van der Waals surface area contributed by atoms with Gasteiger partial charge in [0.15, 0.2) is 0 Å². The lowest BCUT2D eigenvalue weighted by Crippen LogP contribution is -2.30. The van der Waals surface area contributed by atoms with E-state index in [9.17, 15) is 14.7 Å². The van der Waals surface area contributed by atoms with Gasteiger partial charge < -0.3 is 19.5 Å². The second kappa shape index (κ2) is 10.2. The number of unbranched alkanes of at least 4 members (excludes halogenated alkanes) is 1. The van der Waals surface area contributed by atoms with Crippen LogP contribution in [0.1, 0.15) is 42.5 Å². The summed E-state index contributed by atoms with van der Waals surface area (Å²) >= 11 is 0. The lowest BCUT2D eigenvalue weighted by atomic mass is 9.93. The lowest BCUT2D eigenvalue weighted by molar-refractivity contribution is -0.139. The molecule has 32 heavy (non-hydrogen) atoms. The minimum Gasteiger partial charge on any atom is -0.507 e. The van der Waals surface area contributed by atoms with Crippen LogP contribution < -0.4 is 9.47 Å². The minimum atomic E-state index is -0.699. The van der Waals surface area contributed by atoms with E-state index in [1.165, 1.54) is 0 Å². The highest BCUT2D eigenvalue weighted by Crippen LogP contribution is 2.41. The minimum absolute atomic E-state index is 0.0836. The summed E-state index contributed by atoms with van der Waals surface area (Å²) in [6, 6.07) is 11.7.